The number of methoxy groups -OCH3 is 1. The van der Waals surface area contributed by atoms with E-state index in [1.165, 1.54) is 6.33 Å². The largest absolute Gasteiger partial charge is 0.481 e. The Morgan fingerprint density at radius 1 is 1.42 bits per heavy atom. The maximum Gasteiger partial charge on any atom is 0.218 e. The average Bonchev–Trinajstić information content (AvgIpc) is 3.28. The van der Waals surface area contributed by atoms with Crippen LogP contribution < -0.4 is 15.0 Å². The van der Waals surface area contributed by atoms with Crippen molar-refractivity contribution in [3.63, 3.8) is 0 Å². The normalized spacial score (nSPS) is 24.6. The molecule has 2 aromatic heterocycles. The van der Waals surface area contributed by atoms with Crippen molar-refractivity contribution in [1.29, 1.82) is 5.26 Å². The molecule has 2 saturated heterocycles. The summed E-state index contributed by atoms with van der Waals surface area (Å²) in [6.45, 7) is 2.30. The van der Waals surface area contributed by atoms with E-state index in [2.05, 4.69) is 31.2 Å². The molecule has 2 unspecified atom stereocenters. The van der Waals surface area contributed by atoms with Crippen molar-refractivity contribution in [3.8, 4) is 11.9 Å². The molecule has 2 fully saturated rings. The average molecular weight is 352 g/mol. The van der Waals surface area contributed by atoms with Crippen LogP contribution in [0.25, 0.3) is 0 Å². The molecule has 4 heterocycles. The molecular weight excluding hydrogens is 332 g/mol. The molecule has 0 aliphatic carbocycles. The van der Waals surface area contributed by atoms with E-state index in [4.69, 9.17) is 14.7 Å². The van der Waals surface area contributed by atoms with Crippen LogP contribution in [0.3, 0.4) is 0 Å². The lowest BCUT2D eigenvalue weighted by Gasteiger charge is -2.24. The van der Waals surface area contributed by atoms with Crippen molar-refractivity contribution in [2.75, 3.05) is 37.0 Å². The van der Waals surface area contributed by atoms with E-state index in [0.29, 0.717) is 24.0 Å². The van der Waals surface area contributed by atoms with Gasteiger partial charge in [-0.3, -0.25) is 0 Å². The van der Waals surface area contributed by atoms with Crippen LogP contribution in [-0.2, 0) is 4.74 Å². The van der Waals surface area contributed by atoms with Gasteiger partial charge < -0.3 is 19.7 Å². The van der Waals surface area contributed by atoms with Gasteiger partial charge in [0, 0.05) is 25.6 Å². The second-order valence-corrected chi connectivity index (χ2v) is 6.65. The summed E-state index contributed by atoms with van der Waals surface area (Å²) in [5.74, 6) is 2.13. The summed E-state index contributed by atoms with van der Waals surface area (Å²) in [7, 11) is 1.60. The fourth-order valence-electron chi connectivity index (χ4n) is 3.66. The molecule has 4 rings (SSSR count). The van der Waals surface area contributed by atoms with Gasteiger partial charge in [0.1, 0.15) is 29.7 Å². The van der Waals surface area contributed by atoms with E-state index in [-0.39, 0.29) is 11.6 Å². The number of pyridine rings is 1. The molecule has 8 heteroatoms. The molecule has 0 bridgehead atoms. The number of nitrogens with zero attached hydrogens (tertiary/aromatic N) is 5. The summed E-state index contributed by atoms with van der Waals surface area (Å²) in [5.41, 5.74) is 0.233. The number of hydrogen-bond donors (Lipinski definition) is 1. The van der Waals surface area contributed by atoms with Gasteiger partial charge in [-0.15, -0.1) is 0 Å². The first-order valence-electron chi connectivity index (χ1n) is 8.58. The van der Waals surface area contributed by atoms with E-state index in [1.54, 1.807) is 13.2 Å². The predicted octanol–water partition coefficient (Wildman–Crippen LogP) is 1.60. The van der Waals surface area contributed by atoms with Crippen molar-refractivity contribution >= 4 is 11.6 Å². The smallest absolute Gasteiger partial charge is 0.218 e. The van der Waals surface area contributed by atoms with Crippen molar-refractivity contribution in [2.45, 2.75) is 24.5 Å². The van der Waals surface area contributed by atoms with E-state index >= 15 is 0 Å². The zero-order valence-electron chi connectivity index (χ0n) is 14.6. The first kappa shape index (κ1) is 16.5. The lowest BCUT2D eigenvalue weighted by molar-refractivity contribution is 0.0228. The maximum absolute atomic E-state index is 8.98. The molecule has 0 saturated carbocycles. The monoisotopic (exact) mass is 352 g/mol. The topological polar surface area (TPSA) is 96.2 Å². The molecule has 26 heavy (non-hydrogen) atoms. The third-order valence-electron chi connectivity index (χ3n) is 4.90. The van der Waals surface area contributed by atoms with Gasteiger partial charge in [0.25, 0.3) is 0 Å². The number of rotatable bonds is 4. The quantitative estimate of drug-likeness (QED) is 0.886. The Balaban J connectivity index is 1.41. The summed E-state index contributed by atoms with van der Waals surface area (Å²) in [4.78, 5) is 14.9. The maximum atomic E-state index is 8.98. The minimum absolute atomic E-state index is 0.177. The summed E-state index contributed by atoms with van der Waals surface area (Å²) >= 11 is 0. The van der Waals surface area contributed by atoms with Crippen LogP contribution in [0.5, 0.6) is 5.88 Å². The zero-order chi connectivity index (χ0) is 18.0. The Hall–Kier alpha value is -2.92. The van der Waals surface area contributed by atoms with E-state index in [9.17, 15) is 0 Å². The first-order chi connectivity index (χ1) is 12.7. The zero-order valence-corrected chi connectivity index (χ0v) is 14.6. The molecule has 2 aliphatic heterocycles. The Morgan fingerprint density at radius 3 is 3.19 bits per heavy atom. The molecular formula is C18H20N6O2. The fourth-order valence-corrected chi connectivity index (χ4v) is 3.66. The molecule has 2 atom stereocenters. The second kappa shape index (κ2) is 6.77. The highest BCUT2D eigenvalue weighted by atomic mass is 16.5. The molecule has 0 aromatic carbocycles. The lowest BCUT2D eigenvalue weighted by atomic mass is 9.97. The van der Waals surface area contributed by atoms with Gasteiger partial charge in [0.15, 0.2) is 0 Å². The van der Waals surface area contributed by atoms with Crippen molar-refractivity contribution in [3.05, 3.63) is 36.3 Å². The molecule has 1 N–H and O–H groups in total. The van der Waals surface area contributed by atoms with Crippen LogP contribution in [0, 0.1) is 11.3 Å². The number of ether oxygens (including phenoxy) is 2. The molecule has 8 nitrogen and oxygen atoms in total. The van der Waals surface area contributed by atoms with Crippen LogP contribution in [-0.4, -0.2) is 53.4 Å². The minimum atomic E-state index is -0.178. The number of hydrogen-bond acceptors (Lipinski definition) is 8. The van der Waals surface area contributed by atoms with Gasteiger partial charge >= 0.3 is 0 Å². The lowest BCUT2D eigenvalue weighted by Crippen LogP contribution is -2.34. The van der Waals surface area contributed by atoms with Crippen LogP contribution in [0.1, 0.15) is 18.5 Å². The third-order valence-corrected chi connectivity index (χ3v) is 4.90. The number of nitriles is 1. The van der Waals surface area contributed by atoms with Crippen LogP contribution in [0.2, 0.25) is 0 Å². The number of anilines is 2. The van der Waals surface area contributed by atoms with Crippen molar-refractivity contribution < 1.29 is 9.47 Å². The fraction of sp³-hybridized carbons (Fsp3) is 0.444. The summed E-state index contributed by atoms with van der Waals surface area (Å²) in [6, 6.07) is 9.49. The number of nitrogens with one attached hydrogen (secondary N) is 1. The van der Waals surface area contributed by atoms with E-state index < -0.39 is 0 Å². The molecule has 0 amide bonds. The van der Waals surface area contributed by atoms with Crippen LogP contribution in [0.4, 0.5) is 11.6 Å². The van der Waals surface area contributed by atoms with Gasteiger partial charge in [-0.1, -0.05) is 6.07 Å². The van der Waals surface area contributed by atoms with E-state index in [0.717, 1.165) is 31.7 Å². The number of aromatic nitrogens is 3. The van der Waals surface area contributed by atoms with E-state index in [1.807, 2.05) is 18.2 Å². The van der Waals surface area contributed by atoms with Crippen LogP contribution in [0.15, 0.2) is 30.6 Å². The highest BCUT2D eigenvalue weighted by molar-refractivity contribution is 5.44. The SMILES string of the molecule is COc1cc(N2CCC3(CC(Nc4cccc(C#N)n4)CO3)C2)ncn1. The second-order valence-electron chi connectivity index (χ2n) is 6.65. The molecule has 134 valence electrons. The minimum Gasteiger partial charge on any atom is -0.481 e. The van der Waals surface area contributed by atoms with Gasteiger partial charge in [-0.25, -0.2) is 15.0 Å². The summed E-state index contributed by atoms with van der Waals surface area (Å²) in [6.07, 6.45) is 3.36. The Bertz CT molecular complexity index is 838. The summed E-state index contributed by atoms with van der Waals surface area (Å²) < 4.78 is 11.4. The standard InChI is InChI=1S/C18H20N6O2/c1-25-17-7-16(20-12-21-17)24-6-5-18(11-24)8-14(10-26-18)23-15-4-2-3-13(9-19)22-15/h2-4,7,12,14H,5-6,8,10-11H2,1H3,(H,22,23). The van der Waals surface area contributed by atoms with Gasteiger partial charge in [-0.05, 0) is 18.6 Å². The Labute approximate surface area is 151 Å². The highest BCUT2D eigenvalue weighted by Gasteiger charge is 2.46. The summed E-state index contributed by atoms with van der Waals surface area (Å²) in [5, 5.41) is 12.4. The molecule has 2 aromatic rings. The first-order valence-corrected chi connectivity index (χ1v) is 8.58. The molecule has 2 aliphatic rings. The molecule has 0 radical (unpaired) electrons. The van der Waals surface area contributed by atoms with Gasteiger partial charge in [-0.2, -0.15) is 5.26 Å². The Morgan fingerprint density at radius 2 is 2.35 bits per heavy atom. The van der Waals surface area contributed by atoms with Crippen molar-refractivity contribution in [1.82, 2.24) is 15.0 Å². The molecule has 1 spiro atoms. The van der Waals surface area contributed by atoms with Gasteiger partial charge in [0.05, 0.1) is 25.4 Å². The highest BCUT2D eigenvalue weighted by Crippen LogP contribution is 2.37. The van der Waals surface area contributed by atoms with Crippen molar-refractivity contribution in [2.24, 2.45) is 0 Å². The third kappa shape index (κ3) is 3.26. The Kier molecular flexibility index (Phi) is 4.31. The predicted molar refractivity (Wildman–Crippen MR) is 95.1 cm³/mol. The van der Waals surface area contributed by atoms with Gasteiger partial charge in [0.2, 0.25) is 5.88 Å². The van der Waals surface area contributed by atoms with Crippen LogP contribution >= 0.6 is 0 Å².